The molecule has 2 fully saturated rings. The van der Waals surface area contributed by atoms with Gasteiger partial charge in [0.25, 0.3) is 0 Å². The Morgan fingerprint density at radius 2 is 2.25 bits per heavy atom. The molecule has 3 heteroatoms. The van der Waals surface area contributed by atoms with E-state index in [1.165, 1.54) is 25.7 Å². The van der Waals surface area contributed by atoms with Crippen molar-refractivity contribution in [3.05, 3.63) is 0 Å². The number of rotatable bonds is 2. The van der Waals surface area contributed by atoms with Crippen LogP contribution in [0.5, 0.6) is 0 Å². The highest BCUT2D eigenvalue weighted by molar-refractivity contribution is 6.61. The lowest BCUT2D eigenvalue weighted by Crippen LogP contribution is -2.17. The lowest BCUT2D eigenvalue weighted by Gasteiger charge is -2.20. The Bertz CT molecular complexity index is 193. The monoisotopic (exact) mass is 188 g/mol. The average Bonchev–Trinajstić information content (AvgIpc) is 2.60. The predicted octanol–water partition coefficient (Wildman–Crippen LogP) is 2.80. The fraction of sp³-hybridized carbons (Fsp3) is 0.889. The highest BCUT2D eigenvalue weighted by Gasteiger charge is 2.39. The molecule has 2 aliphatic carbocycles. The fourth-order valence-corrected chi connectivity index (χ4v) is 2.82. The van der Waals surface area contributed by atoms with Gasteiger partial charge in [-0.05, 0) is 37.0 Å². The molecule has 0 aromatic carbocycles. The highest BCUT2D eigenvalue weighted by atomic mass is 35.5. The molecule has 0 radical (unpaired) electrons. The van der Waals surface area contributed by atoms with Crippen molar-refractivity contribution in [2.45, 2.75) is 25.7 Å². The molecule has 2 aliphatic rings. The van der Waals surface area contributed by atoms with E-state index in [1.807, 2.05) is 0 Å². The van der Waals surface area contributed by atoms with Crippen LogP contribution in [0.25, 0.3) is 0 Å². The quantitative estimate of drug-likeness (QED) is 0.623. The van der Waals surface area contributed by atoms with Gasteiger partial charge < -0.3 is 4.74 Å². The van der Waals surface area contributed by atoms with Gasteiger partial charge in [-0.1, -0.05) is 6.42 Å². The highest BCUT2D eigenvalue weighted by Crippen LogP contribution is 2.48. The van der Waals surface area contributed by atoms with E-state index in [-0.39, 0.29) is 0 Å². The summed E-state index contributed by atoms with van der Waals surface area (Å²) >= 11 is 5.10. The third-order valence-electron chi connectivity index (χ3n) is 3.30. The van der Waals surface area contributed by atoms with Crippen LogP contribution in [0.3, 0.4) is 0 Å². The van der Waals surface area contributed by atoms with Gasteiger partial charge in [-0.15, -0.1) is 0 Å². The molecular weight excluding hydrogens is 176 g/mol. The molecule has 2 nitrogen and oxygen atoms in total. The molecule has 0 aromatic rings. The van der Waals surface area contributed by atoms with Gasteiger partial charge in [0.05, 0.1) is 6.61 Å². The molecule has 68 valence electrons. The maximum absolute atomic E-state index is 10.3. The minimum atomic E-state index is -0.655. The lowest BCUT2D eigenvalue weighted by atomic mass is 9.90. The Morgan fingerprint density at radius 1 is 1.42 bits per heavy atom. The van der Waals surface area contributed by atoms with Crippen LogP contribution in [0.4, 0.5) is 4.79 Å². The Labute approximate surface area is 77.2 Å². The maximum atomic E-state index is 10.3. The first-order valence-electron chi connectivity index (χ1n) is 4.58. The second-order valence-electron chi connectivity index (χ2n) is 3.98. The lowest BCUT2D eigenvalue weighted by molar-refractivity contribution is 0.132. The molecule has 0 N–H and O–H groups in total. The zero-order valence-electron chi connectivity index (χ0n) is 6.96. The van der Waals surface area contributed by atoms with E-state index in [4.69, 9.17) is 16.3 Å². The molecule has 0 aromatic heterocycles. The van der Waals surface area contributed by atoms with Gasteiger partial charge in [-0.25, -0.2) is 4.79 Å². The van der Waals surface area contributed by atoms with E-state index in [0.29, 0.717) is 12.5 Å². The van der Waals surface area contributed by atoms with Crippen molar-refractivity contribution in [3.63, 3.8) is 0 Å². The molecule has 0 aliphatic heterocycles. The molecule has 2 saturated carbocycles. The predicted molar refractivity (Wildman–Crippen MR) is 46.1 cm³/mol. The first kappa shape index (κ1) is 8.36. The van der Waals surface area contributed by atoms with E-state index in [0.717, 1.165) is 11.8 Å². The molecule has 12 heavy (non-hydrogen) atoms. The average molecular weight is 189 g/mol. The Morgan fingerprint density at radius 3 is 2.75 bits per heavy atom. The van der Waals surface area contributed by atoms with Crippen LogP contribution in [-0.2, 0) is 4.74 Å². The first-order chi connectivity index (χ1) is 5.75. The van der Waals surface area contributed by atoms with Crippen LogP contribution >= 0.6 is 11.6 Å². The second-order valence-corrected chi connectivity index (χ2v) is 4.29. The van der Waals surface area contributed by atoms with Crippen molar-refractivity contribution in [2.75, 3.05) is 6.61 Å². The molecule has 3 atom stereocenters. The van der Waals surface area contributed by atoms with E-state index in [2.05, 4.69) is 0 Å². The number of carbonyl (C=O) groups excluding carboxylic acids is 1. The number of hydrogen-bond donors (Lipinski definition) is 0. The Kier molecular flexibility index (Phi) is 2.26. The van der Waals surface area contributed by atoms with Crippen LogP contribution in [0.2, 0.25) is 0 Å². The Balaban J connectivity index is 1.79. The van der Waals surface area contributed by atoms with Crippen molar-refractivity contribution >= 4 is 17.0 Å². The van der Waals surface area contributed by atoms with Crippen molar-refractivity contribution < 1.29 is 9.53 Å². The van der Waals surface area contributed by atoms with Gasteiger partial charge in [0.2, 0.25) is 0 Å². The largest absolute Gasteiger partial charge is 0.453 e. The summed E-state index contributed by atoms with van der Waals surface area (Å²) < 4.78 is 4.80. The SMILES string of the molecule is O=C(Cl)OCC1C[C@H]2CCC1C2. The van der Waals surface area contributed by atoms with Gasteiger partial charge in [0.1, 0.15) is 0 Å². The Hall–Kier alpha value is -0.240. The minimum Gasteiger partial charge on any atom is -0.453 e. The summed E-state index contributed by atoms with van der Waals surface area (Å²) in [6, 6.07) is 0. The zero-order valence-corrected chi connectivity index (χ0v) is 7.72. The molecule has 2 unspecified atom stereocenters. The normalized spacial score (nSPS) is 38.6. The number of hydrogen-bond acceptors (Lipinski definition) is 2. The van der Waals surface area contributed by atoms with Gasteiger partial charge in [-0.2, -0.15) is 0 Å². The summed E-state index contributed by atoms with van der Waals surface area (Å²) in [7, 11) is 0. The number of ether oxygens (including phenoxy) is 1. The first-order valence-corrected chi connectivity index (χ1v) is 4.95. The fourth-order valence-electron chi connectivity index (χ4n) is 2.75. The summed E-state index contributed by atoms with van der Waals surface area (Å²) in [6.45, 7) is 0.545. The van der Waals surface area contributed by atoms with E-state index in [1.54, 1.807) is 0 Å². The van der Waals surface area contributed by atoms with Crippen molar-refractivity contribution in [1.82, 2.24) is 0 Å². The molecule has 2 rings (SSSR count). The molecule has 0 spiro atoms. The summed E-state index contributed by atoms with van der Waals surface area (Å²) in [6.07, 6.45) is 5.31. The second kappa shape index (κ2) is 3.25. The molecule has 0 amide bonds. The van der Waals surface area contributed by atoms with E-state index >= 15 is 0 Å². The molecular formula is C9H13ClO2. The van der Waals surface area contributed by atoms with Crippen LogP contribution in [0, 0.1) is 17.8 Å². The third kappa shape index (κ3) is 1.58. The van der Waals surface area contributed by atoms with Crippen molar-refractivity contribution in [3.8, 4) is 0 Å². The third-order valence-corrected chi connectivity index (χ3v) is 3.40. The van der Waals surface area contributed by atoms with Crippen LogP contribution in [-0.4, -0.2) is 12.0 Å². The van der Waals surface area contributed by atoms with Crippen LogP contribution in [0.15, 0.2) is 0 Å². The smallest absolute Gasteiger partial charge is 0.403 e. The van der Waals surface area contributed by atoms with Gasteiger partial charge in [0.15, 0.2) is 0 Å². The topological polar surface area (TPSA) is 26.3 Å². The van der Waals surface area contributed by atoms with Crippen LogP contribution in [0.1, 0.15) is 25.7 Å². The molecule has 0 heterocycles. The maximum Gasteiger partial charge on any atom is 0.403 e. The number of fused-ring (bicyclic) bond motifs is 2. The minimum absolute atomic E-state index is 0.545. The van der Waals surface area contributed by atoms with Gasteiger partial charge in [-0.3, -0.25) is 0 Å². The van der Waals surface area contributed by atoms with Gasteiger partial charge in [0, 0.05) is 11.6 Å². The van der Waals surface area contributed by atoms with E-state index < -0.39 is 5.43 Å². The summed E-state index contributed by atoms with van der Waals surface area (Å²) in [5.74, 6) is 2.33. The molecule has 0 saturated heterocycles. The van der Waals surface area contributed by atoms with Crippen molar-refractivity contribution in [2.24, 2.45) is 17.8 Å². The summed E-state index contributed by atoms with van der Waals surface area (Å²) in [4.78, 5) is 10.3. The summed E-state index contributed by atoms with van der Waals surface area (Å²) in [5, 5.41) is 0. The van der Waals surface area contributed by atoms with Crippen molar-refractivity contribution in [1.29, 1.82) is 0 Å². The molecule has 2 bridgehead atoms. The van der Waals surface area contributed by atoms with Gasteiger partial charge >= 0.3 is 5.43 Å². The number of halogens is 1. The van der Waals surface area contributed by atoms with Crippen LogP contribution < -0.4 is 0 Å². The number of carbonyl (C=O) groups is 1. The zero-order chi connectivity index (χ0) is 8.55. The standard InChI is InChI=1S/C9H13ClO2/c10-9(11)12-5-8-4-6-1-2-7(8)3-6/h6-8H,1-5H2/t6-,7?,8?/m0/s1. The van der Waals surface area contributed by atoms with E-state index in [9.17, 15) is 4.79 Å². The summed E-state index contributed by atoms with van der Waals surface area (Å²) in [5.41, 5.74) is -0.655.